The first kappa shape index (κ1) is 12.0. The van der Waals surface area contributed by atoms with Crippen LogP contribution in [0.2, 0.25) is 0 Å². The molecule has 1 aromatic heterocycles. The Kier molecular flexibility index (Phi) is 3.68. The number of aromatic carboxylic acids is 1. The first-order valence-corrected chi connectivity index (χ1v) is 5.93. The third-order valence-electron chi connectivity index (χ3n) is 2.82. The second kappa shape index (κ2) is 5.23. The van der Waals surface area contributed by atoms with Crippen molar-refractivity contribution < 1.29 is 14.6 Å². The van der Waals surface area contributed by atoms with Gasteiger partial charge in [-0.25, -0.2) is 14.8 Å². The lowest BCUT2D eigenvalue weighted by Gasteiger charge is -2.10. The van der Waals surface area contributed by atoms with E-state index in [0.717, 1.165) is 25.9 Å². The maximum atomic E-state index is 11.0. The lowest BCUT2D eigenvalue weighted by atomic mass is 10.1. The van der Waals surface area contributed by atoms with E-state index in [1.165, 1.54) is 6.20 Å². The maximum Gasteiger partial charge on any atom is 0.339 e. The molecule has 0 radical (unpaired) electrons. The van der Waals surface area contributed by atoms with Crippen molar-refractivity contribution in [3.8, 4) is 0 Å². The summed E-state index contributed by atoms with van der Waals surface area (Å²) in [6.07, 6.45) is 4.78. The van der Waals surface area contributed by atoms with Crippen molar-refractivity contribution in [2.75, 3.05) is 6.61 Å². The zero-order valence-electron chi connectivity index (χ0n) is 9.85. The summed E-state index contributed by atoms with van der Waals surface area (Å²) in [5.74, 6) is -0.344. The van der Waals surface area contributed by atoms with Crippen molar-refractivity contribution in [3.63, 3.8) is 0 Å². The van der Waals surface area contributed by atoms with Gasteiger partial charge in [-0.15, -0.1) is 0 Å². The summed E-state index contributed by atoms with van der Waals surface area (Å²) in [6, 6.07) is 0. The van der Waals surface area contributed by atoms with Crippen LogP contribution in [0.25, 0.3) is 0 Å². The van der Waals surface area contributed by atoms with Crippen LogP contribution in [0.15, 0.2) is 6.20 Å². The highest BCUT2D eigenvalue weighted by atomic mass is 16.5. The molecule has 0 saturated carbocycles. The van der Waals surface area contributed by atoms with Crippen LogP contribution in [-0.2, 0) is 11.2 Å². The molecule has 1 aliphatic rings. The van der Waals surface area contributed by atoms with Gasteiger partial charge in [0.15, 0.2) is 5.82 Å². The van der Waals surface area contributed by atoms with E-state index in [1.54, 1.807) is 0 Å². The highest BCUT2D eigenvalue weighted by Crippen LogP contribution is 2.26. The molecule has 1 atom stereocenters. The average molecular weight is 236 g/mol. The first-order chi connectivity index (χ1) is 8.22. The number of carbonyl (C=O) groups is 1. The van der Waals surface area contributed by atoms with Gasteiger partial charge in [0.2, 0.25) is 0 Å². The number of ether oxygens (including phenoxy) is 1. The van der Waals surface area contributed by atoms with Gasteiger partial charge in [0, 0.05) is 12.8 Å². The molecule has 0 bridgehead atoms. The molecule has 2 rings (SSSR count). The van der Waals surface area contributed by atoms with Crippen molar-refractivity contribution in [3.05, 3.63) is 23.3 Å². The van der Waals surface area contributed by atoms with Crippen molar-refractivity contribution in [2.24, 2.45) is 0 Å². The van der Waals surface area contributed by atoms with Crippen LogP contribution in [0.5, 0.6) is 0 Å². The molecule has 1 N–H and O–H groups in total. The van der Waals surface area contributed by atoms with Gasteiger partial charge in [0.25, 0.3) is 0 Å². The average Bonchev–Trinajstić information content (AvgIpc) is 2.82. The maximum absolute atomic E-state index is 11.0. The fourth-order valence-corrected chi connectivity index (χ4v) is 1.98. The van der Waals surface area contributed by atoms with E-state index in [2.05, 4.69) is 9.97 Å². The van der Waals surface area contributed by atoms with Crippen LogP contribution < -0.4 is 0 Å². The van der Waals surface area contributed by atoms with Crippen molar-refractivity contribution >= 4 is 5.97 Å². The predicted octanol–water partition coefficient (Wildman–Crippen LogP) is 1.98. The molecule has 5 nitrogen and oxygen atoms in total. The van der Waals surface area contributed by atoms with Crippen LogP contribution in [0.3, 0.4) is 0 Å². The Hall–Kier alpha value is -1.49. The highest BCUT2D eigenvalue weighted by Gasteiger charge is 2.22. The Labute approximate surface area is 99.9 Å². The minimum absolute atomic E-state index is 0.0616. The summed E-state index contributed by atoms with van der Waals surface area (Å²) in [5.41, 5.74) is 0.814. The first-order valence-electron chi connectivity index (χ1n) is 5.93. The second-order valence-corrected chi connectivity index (χ2v) is 4.15. The molecule has 1 saturated heterocycles. The van der Waals surface area contributed by atoms with Gasteiger partial charge in [0.1, 0.15) is 6.10 Å². The molecule has 0 aromatic carbocycles. The van der Waals surface area contributed by atoms with E-state index in [4.69, 9.17) is 9.84 Å². The zero-order valence-corrected chi connectivity index (χ0v) is 9.85. The van der Waals surface area contributed by atoms with Crippen molar-refractivity contribution in [1.82, 2.24) is 9.97 Å². The van der Waals surface area contributed by atoms with Gasteiger partial charge in [-0.3, -0.25) is 0 Å². The predicted molar refractivity (Wildman–Crippen MR) is 60.9 cm³/mol. The third-order valence-corrected chi connectivity index (χ3v) is 2.82. The van der Waals surface area contributed by atoms with Crippen LogP contribution >= 0.6 is 0 Å². The molecule has 0 amide bonds. The Balaban J connectivity index is 2.30. The molecule has 92 valence electrons. The molecule has 0 spiro atoms. The lowest BCUT2D eigenvalue weighted by molar-refractivity contribution is 0.0693. The quantitative estimate of drug-likeness (QED) is 0.865. The summed E-state index contributed by atoms with van der Waals surface area (Å²) in [7, 11) is 0. The van der Waals surface area contributed by atoms with Gasteiger partial charge < -0.3 is 9.84 Å². The molecule has 2 heterocycles. The highest BCUT2D eigenvalue weighted by molar-refractivity contribution is 5.88. The molecule has 1 unspecified atom stereocenters. The number of hydrogen-bond acceptors (Lipinski definition) is 4. The third kappa shape index (κ3) is 2.61. The Morgan fingerprint density at radius 3 is 3.06 bits per heavy atom. The van der Waals surface area contributed by atoms with Gasteiger partial charge in [0.05, 0.1) is 11.3 Å². The molecule has 1 aliphatic heterocycles. The van der Waals surface area contributed by atoms with Crippen LogP contribution in [0, 0.1) is 0 Å². The minimum atomic E-state index is -0.965. The van der Waals surface area contributed by atoms with E-state index in [0.29, 0.717) is 17.9 Å². The fraction of sp³-hybridized carbons (Fsp3) is 0.583. The summed E-state index contributed by atoms with van der Waals surface area (Å²) in [4.78, 5) is 19.5. The molecular weight excluding hydrogens is 220 g/mol. The monoisotopic (exact) mass is 236 g/mol. The number of carboxylic acids is 1. The summed E-state index contributed by atoms with van der Waals surface area (Å²) < 4.78 is 5.50. The van der Waals surface area contributed by atoms with Gasteiger partial charge in [-0.05, 0) is 19.3 Å². The van der Waals surface area contributed by atoms with E-state index >= 15 is 0 Å². The zero-order chi connectivity index (χ0) is 12.3. The SMILES string of the molecule is CCCc1nc(C2CCCO2)ncc1C(=O)O. The number of aryl methyl sites for hydroxylation is 1. The number of rotatable bonds is 4. The standard InChI is InChI=1S/C12H16N2O3/c1-2-4-9-8(12(15)16)7-13-11(14-9)10-5-3-6-17-10/h7,10H,2-6H2,1H3,(H,15,16). The summed E-state index contributed by atoms with van der Waals surface area (Å²) in [5, 5.41) is 9.04. The lowest BCUT2D eigenvalue weighted by Crippen LogP contribution is -2.11. The normalized spacial score (nSPS) is 19.5. The molecule has 5 heteroatoms. The molecule has 0 aliphatic carbocycles. The summed E-state index contributed by atoms with van der Waals surface area (Å²) >= 11 is 0. The number of aromatic nitrogens is 2. The van der Waals surface area contributed by atoms with E-state index < -0.39 is 5.97 Å². The van der Waals surface area contributed by atoms with Crippen LogP contribution in [0.4, 0.5) is 0 Å². The van der Waals surface area contributed by atoms with Gasteiger partial charge in [-0.2, -0.15) is 0 Å². The van der Waals surface area contributed by atoms with Crippen LogP contribution in [0.1, 0.15) is 54.2 Å². The second-order valence-electron chi connectivity index (χ2n) is 4.15. The Bertz CT molecular complexity index is 414. The number of hydrogen-bond donors (Lipinski definition) is 1. The minimum Gasteiger partial charge on any atom is -0.478 e. The largest absolute Gasteiger partial charge is 0.478 e. The molecular formula is C12H16N2O3. The van der Waals surface area contributed by atoms with E-state index in [-0.39, 0.29) is 11.7 Å². The van der Waals surface area contributed by atoms with Crippen molar-refractivity contribution in [2.45, 2.75) is 38.7 Å². The van der Waals surface area contributed by atoms with Gasteiger partial charge in [-0.1, -0.05) is 13.3 Å². The Morgan fingerprint density at radius 1 is 1.65 bits per heavy atom. The molecule has 1 aromatic rings. The van der Waals surface area contributed by atoms with Crippen LogP contribution in [-0.4, -0.2) is 27.7 Å². The van der Waals surface area contributed by atoms with Gasteiger partial charge >= 0.3 is 5.97 Å². The fourth-order valence-electron chi connectivity index (χ4n) is 1.98. The number of carboxylic acid groups (broad SMARTS) is 1. The molecule has 17 heavy (non-hydrogen) atoms. The number of nitrogens with zero attached hydrogens (tertiary/aromatic N) is 2. The van der Waals surface area contributed by atoms with E-state index in [1.807, 2.05) is 6.92 Å². The smallest absolute Gasteiger partial charge is 0.339 e. The molecule has 1 fully saturated rings. The van der Waals surface area contributed by atoms with Crippen molar-refractivity contribution in [1.29, 1.82) is 0 Å². The topological polar surface area (TPSA) is 72.3 Å². The van der Waals surface area contributed by atoms with E-state index in [9.17, 15) is 4.79 Å². The Morgan fingerprint density at radius 2 is 2.47 bits per heavy atom. The summed E-state index contributed by atoms with van der Waals surface area (Å²) in [6.45, 7) is 2.73.